The molecule has 0 aromatic rings. The summed E-state index contributed by atoms with van der Waals surface area (Å²) in [5.74, 6) is -0.327. The molecule has 1 N–H and O–H groups in total. The number of carbonyl (C=O) groups is 2. The second kappa shape index (κ2) is 3.48. The molecule has 5 nitrogen and oxygen atoms in total. The van der Waals surface area contributed by atoms with Crippen LogP contribution in [0.1, 0.15) is 13.3 Å². The lowest BCUT2D eigenvalue weighted by atomic mass is 9.96. The van der Waals surface area contributed by atoms with E-state index in [9.17, 15) is 9.59 Å². The van der Waals surface area contributed by atoms with E-state index in [1.54, 1.807) is 11.8 Å². The fourth-order valence-electron chi connectivity index (χ4n) is 2.07. The van der Waals surface area contributed by atoms with Gasteiger partial charge in [0.05, 0.1) is 12.5 Å². The van der Waals surface area contributed by atoms with Gasteiger partial charge in [-0.2, -0.15) is 0 Å². The van der Waals surface area contributed by atoms with E-state index in [0.29, 0.717) is 19.6 Å². The number of ether oxygens (including phenoxy) is 1. The Morgan fingerprint density at radius 3 is 3.07 bits per heavy atom. The third-order valence-electron chi connectivity index (χ3n) is 2.69. The summed E-state index contributed by atoms with van der Waals surface area (Å²) in [5.41, 5.74) is 0. The van der Waals surface area contributed by atoms with Crippen molar-refractivity contribution in [2.75, 3.05) is 19.7 Å². The van der Waals surface area contributed by atoms with Crippen molar-refractivity contribution in [1.82, 2.24) is 10.2 Å². The van der Waals surface area contributed by atoms with Crippen LogP contribution >= 0.6 is 0 Å². The normalized spacial score (nSPS) is 30.1. The van der Waals surface area contributed by atoms with Crippen LogP contribution in [0.4, 0.5) is 4.79 Å². The number of nitrogens with zero attached hydrogens (tertiary/aromatic N) is 1. The minimum atomic E-state index is -0.182. The van der Waals surface area contributed by atoms with Crippen molar-refractivity contribution in [2.45, 2.75) is 19.4 Å². The molecule has 2 saturated heterocycles. The number of carbonyl (C=O) groups excluding carboxylic acids is 2. The topological polar surface area (TPSA) is 58.6 Å². The Morgan fingerprint density at radius 2 is 2.43 bits per heavy atom. The zero-order chi connectivity index (χ0) is 10.1. The van der Waals surface area contributed by atoms with Crippen LogP contribution in [0.3, 0.4) is 0 Å². The first-order valence-corrected chi connectivity index (χ1v) is 4.92. The molecule has 0 radical (unpaired) electrons. The predicted octanol–water partition coefficient (Wildman–Crippen LogP) is -0.0368. The van der Waals surface area contributed by atoms with Gasteiger partial charge in [0.25, 0.3) is 0 Å². The molecule has 14 heavy (non-hydrogen) atoms. The molecule has 2 aliphatic rings. The Balaban J connectivity index is 1.98. The molecule has 0 aromatic carbocycles. The maximum absolute atomic E-state index is 11.4. The monoisotopic (exact) mass is 198 g/mol. The highest BCUT2D eigenvalue weighted by molar-refractivity contribution is 5.80. The Hall–Kier alpha value is -1.26. The molecule has 0 saturated carbocycles. The van der Waals surface area contributed by atoms with Gasteiger partial charge in [0, 0.05) is 19.1 Å². The van der Waals surface area contributed by atoms with Crippen molar-refractivity contribution in [3.8, 4) is 0 Å². The van der Waals surface area contributed by atoms with Gasteiger partial charge in [-0.25, -0.2) is 4.79 Å². The second-order valence-corrected chi connectivity index (χ2v) is 3.74. The molecule has 2 amide bonds. The molecule has 2 heterocycles. The first-order chi connectivity index (χ1) is 6.70. The molecule has 2 bridgehead atoms. The van der Waals surface area contributed by atoms with Gasteiger partial charge in [-0.3, -0.25) is 4.79 Å². The first kappa shape index (κ1) is 9.30. The third-order valence-corrected chi connectivity index (χ3v) is 2.69. The molecule has 2 unspecified atom stereocenters. The average Bonchev–Trinajstić information content (AvgIpc) is 2.41. The summed E-state index contributed by atoms with van der Waals surface area (Å²) in [6.45, 7) is 3.43. The van der Waals surface area contributed by atoms with Crippen LogP contribution in [0.15, 0.2) is 0 Å². The number of urea groups is 1. The fraction of sp³-hybridized carbons (Fsp3) is 0.778. The van der Waals surface area contributed by atoms with Gasteiger partial charge < -0.3 is 15.0 Å². The lowest BCUT2D eigenvalue weighted by Gasteiger charge is -2.26. The smallest absolute Gasteiger partial charge is 0.317 e. The Kier molecular flexibility index (Phi) is 2.31. The van der Waals surface area contributed by atoms with E-state index in [-0.39, 0.29) is 24.0 Å². The minimum Gasteiger partial charge on any atom is -0.466 e. The Labute approximate surface area is 82.4 Å². The van der Waals surface area contributed by atoms with Crippen LogP contribution in [0.2, 0.25) is 0 Å². The second-order valence-electron chi connectivity index (χ2n) is 3.74. The predicted molar refractivity (Wildman–Crippen MR) is 48.6 cm³/mol. The third kappa shape index (κ3) is 1.54. The number of fused-ring (bicyclic) bond motifs is 2. The zero-order valence-corrected chi connectivity index (χ0v) is 8.16. The summed E-state index contributed by atoms with van der Waals surface area (Å²) < 4.78 is 4.94. The largest absolute Gasteiger partial charge is 0.466 e. The lowest BCUT2D eigenvalue weighted by molar-refractivity contribution is -0.149. The Morgan fingerprint density at radius 1 is 1.64 bits per heavy atom. The molecule has 0 aliphatic carbocycles. The first-order valence-electron chi connectivity index (χ1n) is 4.92. The van der Waals surface area contributed by atoms with Crippen LogP contribution in [0, 0.1) is 5.92 Å². The van der Waals surface area contributed by atoms with Gasteiger partial charge >= 0.3 is 12.0 Å². The van der Waals surface area contributed by atoms with E-state index in [4.69, 9.17) is 4.74 Å². The maximum atomic E-state index is 11.4. The van der Waals surface area contributed by atoms with Crippen molar-refractivity contribution >= 4 is 12.0 Å². The van der Waals surface area contributed by atoms with Crippen LogP contribution in [0.25, 0.3) is 0 Å². The number of amides is 2. The molecule has 5 heteroatoms. The highest BCUT2D eigenvalue weighted by atomic mass is 16.5. The van der Waals surface area contributed by atoms with Gasteiger partial charge in [0.15, 0.2) is 0 Å². The fourth-order valence-corrected chi connectivity index (χ4v) is 2.07. The van der Waals surface area contributed by atoms with Crippen LogP contribution in [-0.2, 0) is 9.53 Å². The number of hydrogen-bond acceptors (Lipinski definition) is 3. The summed E-state index contributed by atoms with van der Waals surface area (Å²) in [5, 5.41) is 2.82. The zero-order valence-electron chi connectivity index (χ0n) is 8.16. The summed E-state index contributed by atoms with van der Waals surface area (Å²) in [7, 11) is 0. The van der Waals surface area contributed by atoms with E-state index in [1.807, 2.05) is 0 Å². The lowest BCUT2D eigenvalue weighted by Crippen LogP contribution is -2.40. The quantitative estimate of drug-likeness (QED) is 0.633. The van der Waals surface area contributed by atoms with Gasteiger partial charge in [-0.15, -0.1) is 0 Å². The van der Waals surface area contributed by atoms with E-state index >= 15 is 0 Å². The molecule has 2 aliphatic heterocycles. The Bertz CT molecular complexity index is 267. The number of hydrogen-bond donors (Lipinski definition) is 1. The molecule has 2 atom stereocenters. The molecule has 0 aromatic heterocycles. The van der Waals surface area contributed by atoms with Crippen LogP contribution in [-0.4, -0.2) is 42.6 Å². The molecular formula is C9H14N2O3. The summed E-state index contributed by atoms with van der Waals surface area (Å²) in [4.78, 5) is 24.4. The van der Waals surface area contributed by atoms with Gasteiger partial charge in [0.1, 0.15) is 0 Å². The highest BCUT2D eigenvalue weighted by Crippen LogP contribution is 2.22. The van der Waals surface area contributed by atoms with E-state index in [0.717, 1.165) is 6.54 Å². The number of nitrogens with one attached hydrogen (secondary N) is 1. The maximum Gasteiger partial charge on any atom is 0.317 e. The van der Waals surface area contributed by atoms with Crippen molar-refractivity contribution < 1.29 is 14.3 Å². The van der Waals surface area contributed by atoms with Crippen LogP contribution < -0.4 is 5.32 Å². The summed E-state index contributed by atoms with van der Waals surface area (Å²) in [6, 6.07) is 0.0763. The highest BCUT2D eigenvalue weighted by Gasteiger charge is 2.40. The van der Waals surface area contributed by atoms with Gasteiger partial charge in [-0.05, 0) is 13.3 Å². The van der Waals surface area contributed by atoms with Gasteiger partial charge in [0.2, 0.25) is 0 Å². The summed E-state index contributed by atoms with van der Waals surface area (Å²) in [6.07, 6.45) is 0.709. The van der Waals surface area contributed by atoms with Crippen molar-refractivity contribution in [2.24, 2.45) is 5.92 Å². The van der Waals surface area contributed by atoms with E-state index < -0.39 is 0 Å². The molecule has 0 spiro atoms. The van der Waals surface area contributed by atoms with Crippen molar-refractivity contribution in [3.63, 3.8) is 0 Å². The SMILES string of the molecule is CCOC(=O)C1CC2CN(C1)C(=O)N2. The van der Waals surface area contributed by atoms with Crippen molar-refractivity contribution in [1.29, 1.82) is 0 Å². The number of esters is 1. The number of piperidine rings is 1. The number of rotatable bonds is 2. The minimum absolute atomic E-state index is 0.0539. The summed E-state index contributed by atoms with van der Waals surface area (Å²) >= 11 is 0. The molecule has 78 valence electrons. The van der Waals surface area contributed by atoms with E-state index in [2.05, 4.69) is 5.32 Å². The standard InChI is InChI=1S/C9H14N2O3/c1-2-14-8(12)6-3-7-5-11(4-6)9(13)10-7/h6-7H,2-5H2,1H3,(H,10,13). The van der Waals surface area contributed by atoms with E-state index in [1.165, 1.54) is 0 Å². The van der Waals surface area contributed by atoms with Gasteiger partial charge in [-0.1, -0.05) is 0 Å². The molecule has 2 rings (SSSR count). The molecule has 2 fully saturated rings. The average molecular weight is 198 g/mol. The van der Waals surface area contributed by atoms with Crippen LogP contribution in [0.5, 0.6) is 0 Å². The molecular weight excluding hydrogens is 184 g/mol. The van der Waals surface area contributed by atoms with Crippen molar-refractivity contribution in [3.05, 3.63) is 0 Å².